The number of carboxylic acids is 1. The molecule has 6 heteroatoms. The predicted molar refractivity (Wildman–Crippen MR) is 75.1 cm³/mol. The maximum Gasteiger partial charge on any atom is 0.317 e. The largest absolute Gasteiger partial charge is 0.481 e. The SMILES string of the molecule is CSCCC(C)NC(=O)N(CCC(=O)O)C(C)C. The molecule has 18 heavy (non-hydrogen) atoms. The van der Waals surface area contributed by atoms with Crippen LogP contribution in [-0.4, -0.2) is 52.6 Å². The van der Waals surface area contributed by atoms with Crippen LogP contribution in [0.25, 0.3) is 0 Å². The molecule has 5 nitrogen and oxygen atoms in total. The van der Waals surface area contributed by atoms with Crippen LogP contribution in [0.15, 0.2) is 0 Å². The summed E-state index contributed by atoms with van der Waals surface area (Å²) < 4.78 is 0. The van der Waals surface area contributed by atoms with E-state index in [-0.39, 0.29) is 31.1 Å². The second-order valence-corrected chi connectivity index (χ2v) is 5.55. The molecular formula is C12H24N2O3S. The second-order valence-electron chi connectivity index (χ2n) is 4.56. The summed E-state index contributed by atoms with van der Waals surface area (Å²) in [4.78, 5) is 24.1. The first-order valence-electron chi connectivity index (χ1n) is 6.16. The van der Waals surface area contributed by atoms with E-state index in [1.165, 1.54) is 0 Å². The Labute approximate surface area is 113 Å². The molecule has 0 radical (unpaired) electrons. The van der Waals surface area contributed by atoms with Crippen LogP contribution in [0.2, 0.25) is 0 Å². The summed E-state index contributed by atoms with van der Waals surface area (Å²) in [6, 6.07) is -0.0759. The van der Waals surface area contributed by atoms with Gasteiger partial charge in [0.2, 0.25) is 0 Å². The number of nitrogens with one attached hydrogen (secondary N) is 1. The van der Waals surface area contributed by atoms with Gasteiger partial charge in [-0.2, -0.15) is 11.8 Å². The first kappa shape index (κ1) is 17.1. The Morgan fingerprint density at radius 3 is 2.39 bits per heavy atom. The molecule has 0 aromatic rings. The van der Waals surface area contributed by atoms with Crippen molar-refractivity contribution in [1.29, 1.82) is 0 Å². The number of carbonyl (C=O) groups excluding carboxylic acids is 1. The number of urea groups is 1. The first-order valence-corrected chi connectivity index (χ1v) is 7.55. The molecule has 0 aromatic heterocycles. The van der Waals surface area contributed by atoms with Gasteiger partial charge < -0.3 is 15.3 Å². The Hall–Kier alpha value is -0.910. The van der Waals surface area contributed by atoms with Crippen LogP contribution in [0, 0.1) is 0 Å². The lowest BCUT2D eigenvalue weighted by Gasteiger charge is -2.28. The minimum Gasteiger partial charge on any atom is -0.481 e. The van der Waals surface area contributed by atoms with E-state index in [1.807, 2.05) is 27.0 Å². The third kappa shape index (κ3) is 7.42. The number of rotatable bonds is 8. The molecule has 0 rings (SSSR count). The summed E-state index contributed by atoms with van der Waals surface area (Å²) in [5, 5.41) is 11.6. The molecule has 0 aliphatic rings. The fourth-order valence-corrected chi connectivity index (χ4v) is 2.06. The van der Waals surface area contributed by atoms with Gasteiger partial charge in [-0.15, -0.1) is 0 Å². The maximum absolute atomic E-state index is 12.0. The summed E-state index contributed by atoms with van der Waals surface area (Å²) >= 11 is 1.74. The van der Waals surface area contributed by atoms with E-state index in [4.69, 9.17) is 5.11 Å². The lowest BCUT2D eigenvalue weighted by atomic mass is 10.2. The molecule has 0 fully saturated rings. The van der Waals surface area contributed by atoms with Gasteiger partial charge in [-0.1, -0.05) is 0 Å². The number of thioether (sulfide) groups is 1. The van der Waals surface area contributed by atoms with E-state index >= 15 is 0 Å². The average Bonchev–Trinajstić information content (AvgIpc) is 2.25. The molecule has 2 amide bonds. The molecule has 0 spiro atoms. The summed E-state index contributed by atoms with van der Waals surface area (Å²) in [5.74, 6) is 0.113. The smallest absolute Gasteiger partial charge is 0.317 e. The quantitative estimate of drug-likeness (QED) is 0.711. The van der Waals surface area contributed by atoms with Gasteiger partial charge >= 0.3 is 12.0 Å². The first-order chi connectivity index (χ1) is 8.38. The molecule has 0 bridgehead atoms. The second kappa shape index (κ2) is 9.08. The van der Waals surface area contributed by atoms with Gasteiger partial charge in [-0.3, -0.25) is 4.79 Å². The van der Waals surface area contributed by atoms with E-state index in [2.05, 4.69) is 5.32 Å². The predicted octanol–water partition coefficient (Wildman–Crippen LogP) is 2.02. The van der Waals surface area contributed by atoms with Crippen molar-refractivity contribution in [1.82, 2.24) is 10.2 Å². The number of carboxylic acid groups (broad SMARTS) is 1. The minimum absolute atomic E-state index is 0.00269. The average molecular weight is 276 g/mol. The lowest BCUT2D eigenvalue weighted by Crippen LogP contribution is -2.47. The highest BCUT2D eigenvalue weighted by Gasteiger charge is 2.19. The number of aliphatic carboxylic acids is 1. The van der Waals surface area contributed by atoms with Crippen LogP contribution in [0.5, 0.6) is 0 Å². The molecule has 2 N–H and O–H groups in total. The van der Waals surface area contributed by atoms with Gasteiger partial charge in [0.15, 0.2) is 0 Å². The summed E-state index contributed by atoms with van der Waals surface area (Å²) in [5.41, 5.74) is 0. The molecule has 0 aliphatic heterocycles. The third-order valence-corrected chi connectivity index (χ3v) is 3.22. The number of nitrogens with zero attached hydrogens (tertiary/aromatic N) is 1. The number of amides is 2. The van der Waals surface area contributed by atoms with Crippen molar-refractivity contribution in [3.63, 3.8) is 0 Å². The zero-order valence-electron chi connectivity index (χ0n) is 11.6. The van der Waals surface area contributed by atoms with Crippen molar-refractivity contribution in [3.05, 3.63) is 0 Å². The van der Waals surface area contributed by atoms with Crippen molar-refractivity contribution >= 4 is 23.8 Å². The number of hydrogen-bond acceptors (Lipinski definition) is 3. The Bertz CT molecular complexity index is 272. The fourth-order valence-electron chi connectivity index (χ4n) is 1.47. The minimum atomic E-state index is -0.885. The van der Waals surface area contributed by atoms with Crippen LogP contribution >= 0.6 is 11.8 Å². The standard InChI is InChI=1S/C12H24N2O3S/c1-9(2)14(7-5-11(15)16)12(17)13-10(3)6-8-18-4/h9-10H,5-8H2,1-4H3,(H,13,17)(H,15,16). The van der Waals surface area contributed by atoms with Crippen LogP contribution in [0.1, 0.15) is 33.6 Å². The van der Waals surface area contributed by atoms with Gasteiger partial charge in [-0.05, 0) is 39.2 Å². The van der Waals surface area contributed by atoms with Gasteiger partial charge in [-0.25, -0.2) is 4.79 Å². The summed E-state index contributed by atoms with van der Waals surface area (Å²) in [7, 11) is 0. The molecule has 0 aliphatic carbocycles. The van der Waals surface area contributed by atoms with E-state index in [9.17, 15) is 9.59 Å². The summed E-state index contributed by atoms with van der Waals surface area (Å²) in [6.45, 7) is 5.97. The van der Waals surface area contributed by atoms with Gasteiger partial charge in [0, 0.05) is 18.6 Å². The van der Waals surface area contributed by atoms with Crippen LogP contribution in [0.3, 0.4) is 0 Å². The van der Waals surface area contributed by atoms with Crippen molar-refractivity contribution in [2.75, 3.05) is 18.6 Å². The molecule has 106 valence electrons. The Balaban J connectivity index is 4.25. The molecule has 0 saturated carbocycles. The molecule has 0 heterocycles. The van der Waals surface area contributed by atoms with Crippen molar-refractivity contribution in [2.45, 2.75) is 45.7 Å². The van der Waals surface area contributed by atoms with Crippen molar-refractivity contribution in [3.8, 4) is 0 Å². The molecule has 1 unspecified atom stereocenters. The molecule has 1 atom stereocenters. The third-order valence-electron chi connectivity index (χ3n) is 2.58. The summed E-state index contributed by atoms with van der Waals surface area (Å²) in [6.07, 6.45) is 2.92. The zero-order valence-corrected chi connectivity index (χ0v) is 12.4. The monoisotopic (exact) mass is 276 g/mol. The maximum atomic E-state index is 12.0. The highest BCUT2D eigenvalue weighted by atomic mass is 32.2. The topological polar surface area (TPSA) is 69.6 Å². The van der Waals surface area contributed by atoms with E-state index in [0.717, 1.165) is 12.2 Å². The highest BCUT2D eigenvalue weighted by molar-refractivity contribution is 7.98. The normalized spacial score (nSPS) is 12.3. The van der Waals surface area contributed by atoms with Gasteiger partial charge in [0.25, 0.3) is 0 Å². The van der Waals surface area contributed by atoms with Gasteiger partial charge in [0.05, 0.1) is 6.42 Å². The Kier molecular flexibility index (Phi) is 8.62. The molecule has 0 saturated heterocycles. The van der Waals surface area contributed by atoms with E-state index < -0.39 is 5.97 Å². The van der Waals surface area contributed by atoms with Crippen LogP contribution in [-0.2, 0) is 4.79 Å². The number of hydrogen-bond donors (Lipinski definition) is 2. The van der Waals surface area contributed by atoms with Gasteiger partial charge in [0.1, 0.15) is 0 Å². The fraction of sp³-hybridized carbons (Fsp3) is 0.833. The van der Waals surface area contributed by atoms with Crippen LogP contribution in [0.4, 0.5) is 4.79 Å². The van der Waals surface area contributed by atoms with Crippen molar-refractivity contribution < 1.29 is 14.7 Å². The number of carbonyl (C=O) groups is 2. The lowest BCUT2D eigenvalue weighted by molar-refractivity contribution is -0.137. The Morgan fingerprint density at radius 1 is 1.33 bits per heavy atom. The molecular weight excluding hydrogens is 252 g/mol. The molecule has 0 aromatic carbocycles. The van der Waals surface area contributed by atoms with E-state index in [0.29, 0.717) is 0 Å². The Morgan fingerprint density at radius 2 is 1.94 bits per heavy atom. The van der Waals surface area contributed by atoms with Crippen LogP contribution < -0.4 is 5.32 Å². The van der Waals surface area contributed by atoms with Crippen molar-refractivity contribution in [2.24, 2.45) is 0 Å². The highest BCUT2D eigenvalue weighted by Crippen LogP contribution is 2.04. The zero-order chi connectivity index (χ0) is 14.1. The van der Waals surface area contributed by atoms with E-state index in [1.54, 1.807) is 16.7 Å².